The standard InChI is InChI=1S/C18H17ClFN5O3S/c1-8-21-16-13(23-12-4-3-9(19)5-14(12)29(2,27)28)7-15(24-17(16)22-8)25-18(26)10-6-11(10)20/h3-5,7,10-11H,6H2,1-2H3,(H3,21,22,23,24,25,26). The number of aromatic nitrogens is 3. The Bertz CT molecular complexity index is 1240. The van der Waals surface area contributed by atoms with Crippen molar-refractivity contribution in [3.05, 3.63) is 35.1 Å². The number of aromatic amines is 1. The number of halogens is 2. The molecule has 1 amide bonds. The Morgan fingerprint density at radius 3 is 2.66 bits per heavy atom. The van der Waals surface area contributed by atoms with Crippen LogP contribution in [0.5, 0.6) is 0 Å². The predicted octanol–water partition coefficient (Wildman–Crippen LogP) is 3.36. The largest absolute Gasteiger partial charge is 0.353 e. The number of pyridine rings is 1. The van der Waals surface area contributed by atoms with Crippen molar-refractivity contribution in [2.75, 3.05) is 16.9 Å². The molecule has 0 radical (unpaired) electrons. The molecule has 1 aromatic carbocycles. The quantitative estimate of drug-likeness (QED) is 0.563. The third kappa shape index (κ3) is 4.03. The SMILES string of the molecule is Cc1nc2nc(NC(=O)C3CC3F)cc(Nc3ccc(Cl)cc3S(C)(=O)=O)c2[nH]1. The molecule has 0 spiro atoms. The van der Waals surface area contributed by atoms with E-state index in [1.165, 1.54) is 12.1 Å². The van der Waals surface area contributed by atoms with Crippen LogP contribution in [0, 0.1) is 12.8 Å². The van der Waals surface area contributed by atoms with Gasteiger partial charge in [0.25, 0.3) is 0 Å². The van der Waals surface area contributed by atoms with Crippen molar-refractivity contribution in [2.24, 2.45) is 5.92 Å². The molecule has 152 valence electrons. The van der Waals surface area contributed by atoms with Crippen LogP contribution in [0.3, 0.4) is 0 Å². The summed E-state index contributed by atoms with van der Waals surface area (Å²) >= 11 is 5.96. The Labute approximate surface area is 170 Å². The van der Waals surface area contributed by atoms with Crippen LogP contribution in [0.1, 0.15) is 12.2 Å². The fraction of sp³-hybridized carbons (Fsp3) is 0.278. The van der Waals surface area contributed by atoms with Crippen LogP contribution in [0.15, 0.2) is 29.2 Å². The molecule has 2 unspecified atom stereocenters. The molecule has 4 rings (SSSR count). The van der Waals surface area contributed by atoms with E-state index in [-0.39, 0.29) is 22.2 Å². The second-order valence-electron chi connectivity index (χ2n) is 6.96. The number of amides is 1. The number of hydrogen-bond donors (Lipinski definition) is 3. The lowest BCUT2D eigenvalue weighted by Crippen LogP contribution is -2.16. The molecule has 1 saturated carbocycles. The Kier molecular flexibility index (Phi) is 4.70. The fourth-order valence-electron chi connectivity index (χ4n) is 2.97. The van der Waals surface area contributed by atoms with E-state index >= 15 is 0 Å². The van der Waals surface area contributed by atoms with Crippen molar-refractivity contribution in [1.29, 1.82) is 0 Å². The minimum atomic E-state index is -3.56. The average Bonchev–Trinajstić information content (AvgIpc) is 3.23. The van der Waals surface area contributed by atoms with Gasteiger partial charge in [-0.15, -0.1) is 0 Å². The Balaban J connectivity index is 1.76. The number of aryl methyl sites for hydroxylation is 1. The molecular weight excluding hydrogens is 421 g/mol. The highest BCUT2D eigenvalue weighted by molar-refractivity contribution is 7.90. The van der Waals surface area contributed by atoms with Crippen molar-refractivity contribution in [2.45, 2.75) is 24.4 Å². The van der Waals surface area contributed by atoms with E-state index in [0.29, 0.717) is 28.4 Å². The fourth-order valence-corrected chi connectivity index (χ4v) is 4.07. The number of fused-ring (bicyclic) bond motifs is 1. The lowest BCUT2D eigenvalue weighted by Gasteiger charge is -2.13. The minimum absolute atomic E-state index is 0.0232. The van der Waals surface area contributed by atoms with Crippen LogP contribution in [0.25, 0.3) is 11.2 Å². The second-order valence-corrected chi connectivity index (χ2v) is 9.38. The van der Waals surface area contributed by atoms with Crippen molar-refractivity contribution in [1.82, 2.24) is 15.0 Å². The van der Waals surface area contributed by atoms with Crippen molar-refractivity contribution < 1.29 is 17.6 Å². The number of imidazole rings is 1. The van der Waals surface area contributed by atoms with Crippen molar-refractivity contribution >= 4 is 55.7 Å². The maximum Gasteiger partial charge on any atom is 0.231 e. The van der Waals surface area contributed by atoms with E-state index in [4.69, 9.17) is 11.6 Å². The first kappa shape index (κ1) is 19.6. The summed E-state index contributed by atoms with van der Waals surface area (Å²) in [6, 6.07) is 6.00. The number of carbonyl (C=O) groups is 1. The molecule has 2 aromatic heterocycles. The third-order valence-electron chi connectivity index (χ3n) is 4.49. The number of H-pyrrole nitrogens is 1. The van der Waals surface area contributed by atoms with E-state index in [2.05, 4.69) is 25.6 Å². The van der Waals surface area contributed by atoms with Crippen LogP contribution in [0.4, 0.5) is 21.6 Å². The molecule has 0 saturated heterocycles. The van der Waals surface area contributed by atoms with Crippen LogP contribution in [-0.4, -0.2) is 41.7 Å². The number of anilines is 3. The van der Waals surface area contributed by atoms with Crippen LogP contribution in [-0.2, 0) is 14.6 Å². The number of sulfone groups is 1. The normalized spacial score (nSPS) is 18.6. The van der Waals surface area contributed by atoms with Gasteiger partial charge in [-0.1, -0.05) is 11.6 Å². The van der Waals surface area contributed by atoms with Gasteiger partial charge in [0.05, 0.1) is 22.2 Å². The molecule has 0 bridgehead atoms. The highest BCUT2D eigenvalue weighted by Gasteiger charge is 2.43. The molecule has 1 aliphatic carbocycles. The lowest BCUT2D eigenvalue weighted by molar-refractivity contribution is -0.117. The van der Waals surface area contributed by atoms with Crippen LogP contribution >= 0.6 is 11.6 Å². The maximum absolute atomic E-state index is 13.2. The Morgan fingerprint density at radius 1 is 1.28 bits per heavy atom. The first-order chi connectivity index (χ1) is 13.6. The summed E-state index contributed by atoms with van der Waals surface area (Å²) in [5.41, 5.74) is 1.61. The third-order valence-corrected chi connectivity index (χ3v) is 5.86. The van der Waals surface area contributed by atoms with Gasteiger partial charge < -0.3 is 15.6 Å². The summed E-state index contributed by atoms with van der Waals surface area (Å²) in [6.07, 6.45) is 0.153. The predicted molar refractivity (Wildman–Crippen MR) is 108 cm³/mol. The summed E-state index contributed by atoms with van der Waals surface area (Å²) in [4.78, 5) is 23.7. The first-order valence-corrected chi connectivity index (χ1v) is 11.0. The number of hydrogen-bond acceptors (Lipinski definition) is 6. The number of benzene rings is 1. The van der Waals surface area contributed by atoms with Crippen molar-refractivity contribution in [3.63, 3.8) is 0 Å². The van der Waals surface area contributed by atoms with Gasteiger partial charge >= 0.3 is 0 Å². The van der Waals surface area contributed by atoms with Gasteiger partial charge in [0.1, 0.15) is 23.3 Å². The van der Waals surface area contributed by atoms with Crippen LogP contribution < -0.4 is 10.6 Å². The average molecular weight is 438 g/mol. The Morgan fingerprint density at radius 2 is 2.00 bits per heavy atom. The van der Waals surface area contributed by atoms with Gasteiger partial charge in [-0.3, -0.25) is 4.79 Å². The van der Waals surface area contributed by atoms with Gasteiger partial charge in [0.15, 0.2) is 15.5 Å². The Hall–Kier alpha value is -2.72. The van der Waals surface area contributed by atoms with Gasteiger partial charge in [0, 0.05) is 17.3 Å². The molecule has 8 nitrogen and oxygen atoms in total. The maximum atomic E-state index is 13.2. The van der Waals surface area contributed by atoms with E-state index in [1.807, 2.05) is 0 Å². The number of alkyl halides is 1. The minimum Gasteiger partial charge on any atom is -0.353 e. The van der Waals surface area contributed by atoms with E-state index in [0.717, 1.165) is 6.26 Å². The molecule has 1 aliphatic rings. The van der Waals surface area contributed by atoms with Crippen LogP contribution in [0.2, 0.25) is 5.02 Å². The molecule has 0 aliphatic heterocycles. The molecular formula is C18H17ClFN5O3S. The molecule has 2 heterocycles. The molecule has 3 N–H and O–H groups in total. The zero-order valence-corrected chi connectivity index (χ0v) is 17.0. The highest BCUT2D eigenvalue weighted by Crippen LogP contribution is 2.36. The lowest BCUT2D eigenvalue weighted by atomic mass is 10.2. The van der Waals surface area contributed by atoms with Gasteiger partial charge in [-0.2, -0.15) is 0 Å². The highest BCUT2D eigenvalue weighted by atomic mass is 35.5. The number of nitrogens with zero attached hydrogens (tertiary/aromatic N) is 2. The second kappa shape index (κ2) is 6.96. The first-order valence-electron chi connectivity index (χ1n) is 8.71. The smallest absolute Gasteiger partial charge is 0.231 e. The molecule has 3 aromatic rings. The molecule has 11 heteroatoms. The van der Waals surface area contributed by atoms with Gasteiger partial charge in [-0.25, -0.2) is 22.8 Å². The van der Waals surface area contributed by atoms with Gasteiger partial charge in [-0.05, 0) is 31.5 Å². The summed E-state index contributed by atoms with van der Waals surface area (Å²) in [5, 5.41) is 5.93. The van der Waals surface area contributed by atoms with E-state index < -0.39 is 27.8 Å². The summed E-state index contributed by atoms with van der Waals surface area (Å²) in [5.74, 6) is -0.348. The molecule has 2 atom stereocenters. The zero-order chi connectivity index (χ0) is 20.9. The van der Waals surface area contributed by atoms with Gasteiger partial charge in [0.2, 0.25) is 5.91 Å². The number of carbonyl (C=O) groups excluding carboxylic acids is 1. The summed E-state index contributed by atoms with van der Waals surface area (Å²) < 4.78 is 37.5. The van der Waals surface area contributed by atoms with E-state index in [9.17, 15) is 17.6 Å². The molecule has 1 fully saturated rings. The summed E-state index contributed by atoms with van der Waals surface area (Å²) in [6.45, 7) is 1.74. The zero-order valence-electron chi connectivity index (χ0n) is 15.5. The van der Waals surface area contributed by atoms with Crippen molar-refractivity contribution in [3.8, 4) is 0 Å². The summed E-state index contributed by atoms with van der Waals surface area (Å²) in [7, 11) is -3.56. The van der Waals surface area contributed by atoms with E-state index in [1.54, 1.807) is 19.1 Å². The topological polar surface area (TPSA) is 117 Å². The monoisotopic (exact) mass is 437 g/mol. The number of rotatable bonds is 5. The number of nitrogens with one attached hydrogen (secondary N) is 3. The molecule has 29 heavy (non-hydrogen) atoms.